The summed E-state index contributed by atoms with van der Waals surface area (Å²) in [7, 11) is -0.697. The molecule has 0 saturated heterocycles. The van der Waals surface area contributed by atoms with Gasteiger partial charge in [-0.1, -0.05) is 24.3 Å². The summed E-state index contributed by atoms with van der Waals surface area (Å²) in [5, 5.41) is 11.6. The van der Waals surface area contributed by atoms with Crippen molar-refractivity contribution in [1.29, 1.82) is 0 Å². The molecule has 0 unspecified atom stereocenters. The molecule has 0 radical (unpaired) electrons. The Morgan fingerprint density at radius 2 is 2.05 bits per heavy atom. The Balaban J connectivity index is 2.24. The quantitative estimate of drug-likeness (QED) is 0.892. The monoisotopic (exact) mass is 340 g/mol. The number of nitrogens with one attached hydrogen (secondary N) is 1. The number of carbonyl (C=O) groups excluding carboxylic acids is 1. The van der Waals surface area contributed by atoms with E-state index in [2.05, 4.69) is 15.5 Å². The van der Waals surface area contributed by atoms with E-state index < -0.39 is 15.9 Å². The van der Waals surface area contributed by atoms with Crippen molar-refractivity contribution in [3.05, 3.63) is 34.8 Å². The third-order valence-electron chi connectivity index (χ3n) is 2.86. The molecule has 7 nitrogen and oxygen atoms in total. The van der Waals surface area contributed by atoms with Gasteiger partial charge in [-0.05, 0) is 24.6 Å². The van der Waals surface area contributed by atoms with Crippen molar-refractivity contribution >= 4 is 32.4 Å². The maximum Gasteiger partial charge on any atom is 0.257 e. The molecule has 0 spiro atoms. The lowest BCUT2D eigenvalue weighted by atomic mass is 10.2. The summed E-state index contributed by atoms with van der Waals surface area (Å²) in [4.78, 5) is 12.2. The lowest BCUT2D eigenvalue weighted by Crippen LogP contribution is -2.22. The topological polar surface area (TPSA) is 92.3 Å². The summed E-state index contributed by atoms with van der Waals surface area (Å²) in [5.74, 6) is -0.422. The highest BCUT2D eigenvalue weighted by Crippen LogP contribution is 2.18. The Morgan fingerprint density at radius 1 is 1.32 bits per heavy atom. The Morgan fingerprint density at radius 3 is 2.64 bits per heavy atom. The number of carbonyl (C=O) groups is 1. The van der Waals surface area contributed by atoms with Gasteiger partial charge in [0.2, 0.25) is 15.2 Å². The summed E-state index contributed by atoms with van der Waals surface area (Å²) >= 11 is 1.29. The minimum absolute atomic E-state index is 0.0664. The predicted octanol–water partition coefficient (Wildman–Crippen LogP) is 1.60. The first-order valence-corrected chi connectivity index (χ1v) is 8.76. The molecule has 1 N–H and O–H groups in total. The number of amides is 1. The number of aryl methyl sites for hydroxylation is 1. The molecule has 1 aromatic carbocycles. The van der Waals surface area contributed by atoms with Gasteiger partial charge in [0.1, 0.15) is 5.01 Å². The van der Waals surface area contributed by atoms with Gasteiger partial charge in [0, 0.05) is 19.7 Å². The van der Waals surface area contributed by atoms with Crippen LogP contribution in [-0.2, 0) is 16.4 Å². The molecule has 118 valence electrons. The van der Waals surface area contributed by atoms with Crippen LogP contribution in [0.5, 0.6) is 0 Å². The van der Waals surface area contributed by atoms with Crippen LogP contribution in [0.3, 0.4) is 0 Å². The molecule has 0 aliphatic rings. The first kappa shape index (κ1) is 16.5. The van der Waals surface area contributed by atoms with Crippen LogP contribution in [0.2, 0.25) is 0 Å². The number of sulfonamides is 1. The van der Waals surface area contributed by atoms with Crippen LogP contribution in [0.15, 0.2) is 29.2 Å². The second-order valence-corrected chi connectivity index (χ2v) is 7.84. The van der Waals surface area contributed by atoms with Gasteiger partial charge in [-0.15, -0.1) is 10.2 Å². The van der Waals surface area contributed by atoms with Gasteiger partial charge in [0.05, 0.1) is 4.90 Å². The molecule has 2 aromatic rings. The lowest BCUT2D eigenvalue weighted by Gasteiger charge is -2.12. The molecule has 1 amide bonds. The Bertz CT molecular complexity index is 784. The van der Waals surface area contributed by atoms with Crippen LogP contribution in [0.4, 0.5) is 5.13 Å². The van der Waals surface area contributed by atoms with Crippen molar-refractivity contribution in [2.75, 3.05) is 19.4 Å². The molecule has 0 fully saturated rings. The summed E-state index contributed by atoms with van der Waals surface area (Å²) in [6.07, 6.45) is 0.740. The molecule has 0 aliphatic heterocycles. The lowest BCUT2D eigenvalue weighted by molar-refractivity contribution is 0.102. The third kappa shape index (κ3) is 3.49. The molecule has 0 aliphatic carbocycles. The van der Waals surface area contributed by atoms with Gasteiger partial charge in [-0.2, -0.15) is 0 Å². The number of hydrogen-bond donors (Lipinski definition) is 1. The van der Waals surface area contributed by atoms with Crippen LogP contribution >= 0.6 is 11.3 Å². The van der Waals surface area contributed by atoms with E-state index in [0.717, 1.165) is 15.7 Å². The van der Waals surface area contributed by atoms with Gasteiger partial charge in [-0.3, -0.25) is 10.1 Å². The van der Waals surface area contributed by atoms with Crippen molar-refractivity contribution < 1.29 is 13.2 Å². The van der Waals surface area contributed by atoms with E-state index in [1.165, 1.54) is 43.6 Å². The van der Waals surface area contributed by atoms with E-state index in [0.29, 0.717) is 5.13 Å². The highest BCUT2D eigenvalue weighted by molar-refractivity contribution is 7.89. The number of nitrogens with zero attached hydrogens (tertiary/aromatic N) is 3. The fourth-order valence-corrected chi connectivity index (χ4v) is 3.25. The Kier molecular flexibility index (Phi) is 4.89. The van der Waals surface area contributed by atoms with Crippen LogP contribution in [0, 0.1) is 0 Å². The van der Waals surface area contributed by atoms with E-state index in [4.69, 9.17) is 0 Å². The van der Waals surface area contributed by atoms with E-state index in [9.17, 15) is 13.2 Å². The van der Waals surface area contributed by atoms with Crippen molar-refractivity contribution in [2.24, 2.45) is 0 Å². The second-order valence-electron chi connectivity index (χ2n) is 4.62. The highest BCUT2D eigenvalue weighted by Gasteiger charge is 2.19. The van der Waals surface area contributed by atoms with Gasteiger partial charge >= 0.3 is 0 Å². The Labute approximate surface area is 133 Å². The molecular formula is C13H16N4O3S2. The van der Waals surface area contributed by atoms with Crippen LogP contribution in [-0.4, -0.2) is 42.9 Å². The molecule has 2 rings (SSSR count). The van der Waals surface area contributed by atoms with E-state index in [1.807, 2.05) is 6.92 Å². The van der Waals surface area contributed by atoms with E-state index in [-0.39, 0.29) is 10.5 Å². The van der Waals surface area contributed by atoms with Crippen molar-refractivity contribution in [1.82, 2.24) is 14.5 Å². The normalized spacial score (nSPS) is 11.6. The molecule has 0 saturated carbocycles. The third-order valence-corrected chi connectivity index (χ3v) is 5.66. The maximum atomic E-state index is 12.2. The average molecular weight is 340 g/mol. The first-order valence-electron chi connectivity index (χ1n) is 6.51. The molecule has 1 aromatic heterocycles. The van der Waals surface area contributed by atoms with E-state index >= 15 is 0 Å². The van der Waals surface area contributed by atoms with Gasteiger partial charge < -0.3 is 0 Å². The summed E-state index contributed by atoms with van der Waals surface area (Å²) in [6.45, 7) is 1.95. The summed E-state index contributed by atoms with van der Waals surface area (Å²) in [5.41, 5.74) is 0.246. The first-order chi connectivity index (χ1) is 10.3. The number of benzene rings is 1. The molecular weight excluding hydrogens is 324 g/mol. The maximum absolute atomic E-state index is 12.2. The number of anilines is 1. The molecule has 0 atom stereocenters. The highest BCUT2D eigenvalue weighted by atomic mass is 32.2. The van der Waals surface area contributed by atoms with Crippen LogP contribution < -0.4 is 5.32 Å². The fraction of sp³-hybridized carbons (Fsp3) is 0.308. The molecule has 1 heterocycles. The van der Waals surface area contributed by atoms with Gasteiger partial charge in [0.25, 0.3) is 5.91 Å². The van der Waals surface area contributed by atoms with Gasteiger partial charge in [0.15, 0.2) is 0 Å². The zero-order chi connectivity index (χ0) is 16.3. The van der Waals surface area contributed by atoms with Crippen LogP contribution in [0.1, 0.15) is 22.3 Å². The smallest absolute Gasteiger partial charge is 0.257 e. The second kappa shape index (κ2) is 6.51. The zero-order valence-corrected chi connectivity index (χ0v) is 14.0. The largest absolute Gasteiger partial charge is 0.296 e. The number of aromatic nitrogens is 2. The number of hydrogen-bond acceptors (Lipinski definition) is 6. The van der Waals surface area contributed by atoms with Crippen molar-refractivity contribution in [3.8, 4) is 0 Å². The van der Waals surface area contributed by atoms with E-state index in [1.54, 1.807) is 6.07 Å². The van der Waals surface area contributed by atoms with Crippen molar-refractivity contribution in [3.63, 3.8) is 0 Å². The number of rotatable bonds is 5. The fourth-order valence-electron chi connectivity index (χ4n) is 1.62. The molecule has 22 heavy (non-hydrogen) atoms. The summed E-state index contributed by atoms with van der Waals surface area (Å²) in [6, 6.07) is 5.87. The van der Waals surface area contributed by atoms with Crippen molar-refractivity contribution in [2.45, 2.75) is 18.2 Å². The predicted molar refractivity (Wildman–Crippen MR) is 84.6 cm³/mol. The minimum atomic E-state index is -3.58. The Hall–Kier alpha value is -1.84. The van der Waals surface area contributed by atoms with Gasteiger partial charge in [-0.25, -0.2) is 12.7 Å². The SMILES string of the molecule is CCc1nnc(NC(=O)c2cccc(S(=O)(=O)N(C)C)c2)s1. The standard InChI is InChI=1S/C13H16N4O3S2/c1-4-11-15-16-13(21-11)14-12(18)9-6-5-7-10(8-9)22(19,20)17(2)3/h5-8H,4H2,1-3H3,(H,14,16,18). The minimum Gasteiger partial charge on any atom is -0.296 e. The molecule has 0 bridgehead atoms. The molecule has 9 heteroatoms. The summed E-state index contributed by atoms with van der Waals surface area (Å²) < 4.78 is 25.3. The van der Waals surface area contributed by atoms with Crippen LogP contribution in [0.25, 0.3) is 0 Å². The zero-order valence-electron chi connectivity index (χ0n) is 12.4. The average Bonchev–Trinajstić information content (AvgIpc) is 2.94.